The Labute approximate surface area is 188 Å². The molecule has 0 aliphatic heterocycles. The molecule has 2 atom stereocenters. The van der Waals surface area contributed by atoms with Crippen LogP contribution in [-0.2, 0) is 0 Å². The van der Waals surface area contributed by atoms with Gasteiger partial charge in [-0.05, 0) is 55.3 Å². The minimum Gasteiger partial charge on any atom is -0.347 e. The highest BCUT2D eigenvalue weighted by Gasteiger charge is 2.28. The number of thiophene rings is 1. The number of hydrogen-bond acceptors (Lipinski definition) is 4. The summed E-state index contributed by atoms with van der Waals surface area (Å²) in [6.07, 6.45) is 5.31. The zero-order valence-corrected chi connectivity index (χ0v) is 18.3. The molecule has 1 aromatic carbocycles. The Morgan fingerprint density at radius 1 is 0.903 bits per heavy atom. The molecule has 2 N–H and O–H groups in total. The Hall–Kier alpha value is -2.90. The predicted octanol–water partition coefficient (Wildman–Crippen LogP) is 4.02. The summed E-state index contributed by atoms with van der Waals surface area (Å²) in [6, 6.07) is 15.0. The van der Waals surface area contributed by atoms with Crippen LogP contribution >= 0.6 is 22.9 Å². The molecule has 1 saturated carbocycles. The Morgan fingerprint density at radius 3 is 2.19 bits per heavy atom. The molecule has 1 fully saturated rings. The molecule has 31 heavy (non-hydrogen) atoms. The molecule has 1 aliphatic rings. The van der Waals surface area contributed by atoms with E-state index in [4.69, 9.17) is 11.6 Å². The Morgan fingerprint density at radius 2 is 1.58 bits per heavy atom. The SMILES string of the molecule is O=C(NC1CCCC[C@H]1NC(=O)c1ccc(Cl)s1)c1ccc(-n2ccccc2=O)cc1. The van der Waals surface area contributed by atoms with E-state index in [1.54, 1.807) is 54.7 Å². The molecule has 0 spiro atoms. The van der Waals surface area contributed by atoms with Gasteiger partial charge in [-0.1, -0.05) is 30.5 Å². The van der Waals surface area contributed by atoms with Crippen LogP contribution in [0.2, 0.25) is 4.34 Å². The van der Waals surface area contributed by atoms with Gasteiger partial charge in [0.25, 0.3) is 17.4 Å². The van der Waals surface area contributed by atoms with Gasteiger partial charge in [0.05, 0.1) is 9.21 Å². The van der Waals surface area contributed by atoms with E-state index in [1.165, 1.54) is 22.0 Å². The smallest absolute Gasteiger partial charge is 0.261 e. The largest absolute Gasteiger partial charge is 0.347 e. The van der Waals surface area contributed by atoms with Crippen LogP contribution in [0.15, 0.2) is 65.6 Å². The summed E-state index contributed by atoms with van der Waals surface area (Å²) in [4.78, 5) is 37.9. The van der Waals surface area contributed by atoms with E-state index < -0.39 is 0 Å². The van der Waals surface area contributed by atoms with Gasteiger partial charge in [0.15, 0.2) is 0 Å². The lowest BCUT2D eigenvalue weighted by atomic mass is 9.90. The molecule has 2 amide bonds. The maximum absolute atomic E-state index is 12.8. The molecule has 8 heteroatoms. The highest BCUT2D eigenvalue weighted by atomic mass is 35.5. The van der Waals surface area contributed by atoms with Crippen LogP contribution in [0.5, 0.6) is 0 Å². The third-order valence-corrected chi connectivity index (χ3v) is 6.66. The number of aromatic nitrogens is 1. The van der Waals surface area contributed by atoms with Crippen molar-refractivity contribution in [2.24, 2.45) is 0 Å². The lowest BCUT2D eigenvalue weighted by Crippen LogP contribution is -2.53. The molecule has 0 saturated heterocycles. The van der Waals surface area contributed by atoms with Crippen LogP contribution in [0.1, 0.15) is 45.7 Å². The van der Waals surface area contributed by atoms with Crippen molar-refractivity contribution >= 4 is 34.8 Å². The Bertz CT molecular complexity index is 1140. The normalized spacial score (nSPS) is 18.4. The second-order valence-electron chi connectivity index (χ2n) is 7.50. The average Bonchev–Trinajstić information content (AvgIpc) is 3.22. The van der Waals surface area contributed by atoms with Crippen molar-refractivity contribution in [3.63, 3.8) is 0 Å². The van der Waals surface area contributed by atoms with Gasteiger partial charge in [0.2, 0.25) is 0 Å². The molecule has 4 rings (SSSR count). The predicted molar refractivity (Wildman–Crippen MR) is 122 cm³/mol. The van der Waals surface area contributed by atoms with E-state index >= 15 is 0 Å². The van der Waals surface area contributed by atoms with Crippen LogP contribution in [-0.4, -0.2) is 28.5 Å². The number of hydrogen-bond donors (Lipinski definition) is 2. The first-order chi connectivity index (χ1) is 15.0. The van der Waals surface area contributed by atoms with Gasteiger partial charge >= 0.3 is 0 Å². The molecular weight excluding hydrogens is 434 g/mol. The first kappa shape index (κ1) is 21.3. The van der Waals surface area contributed by atoms with E-state index in [0.29, 0.717) is 20.5 Å². The first-order valence-electron chi connectivity index (χ1n) is 10.2. The Kier molecular flexibility index (Phi) is 6.53. The fourth-order valence-electron chi connectivity index (χ4n) is 3.82. The molecule has 2 aromatic heterocycles. The zero-order chi connectivity index (χ0) is 21.8. The van der Waals surface area contributed by atoms with Gasteiger partial charge < -0.3 is 10.6 Å². The summed E-state index contributed by atoms with van der Waals surface area (Å²) in [7, 11) is 0. The molecule has 0 bridgehead atoms. The first-order valence-corrected chi connectivity index (χ1v) is 11.4. The molecule has 3 aromatic rings. The lowest BCUT2D eigenvalue weighted by molar-refractivity contribution is 0.0865. The quantitative estimate of drug-likeness (QED) is 0.609. The maximum atomic E-state index is 12.8. The molecule has 6 nitrogen and oxygen atoms in total. The second kappa shape index (κ2) is 9.49. The van der Waals surface area contributed by atoms with Crippen LogP contribution in [0.25, 0.3) is 5.69 Å². The van der Waals surface area contributed by atoms with Gasteiger partial charge in [-0.15, -0.1) is 11.3 Å². The zero-order valence-electron chi connectivity index (χ0n) is 16.7. The molecule has 1 unspecified atom stereocenters. The minimum absolute atomic E-state index is 0.131. The van der Waals surface area contributed by atoms with Gasteiger partial charge in [0.1, 0.15) is 0 Å². The fraction of sp³-hybridized carbons (Fsp3) is 0.261. The number of nitrogens with one attached hydrogen (secondary N) is 2. The molecule has 160 valence electrons. The molecule has 2 heterocycles. The topological polar surface area (TPSA) is 80.2 Å². The molecule has 1 aliphatic carbocycles. The number of halogens is 1. The minimum atomic E-state index is -0.197. The van der Waals surface area contributed by atoms with E-state index in [0.717, 1.165) is 25.7 Å². The van der Waals surface area contributed by atoms with Crippen LogP contribution < -0.4 is 16.2 Å². The monoisotopic (exact) mass is 455 g/mol. The number of carbonyl (C=O) groups excluding carboxylic acids is 2. The number of amides is 2. The molecular formula is C23H22ClN3O3S. The van der Waals surface area contributed by atoms with Crippen molar-refractivity contribution in [1.82, 2.24) is 15.2 Å². The lowest BCUT2D eigenvalue weighted by Gasteiger charge is -2.32. The van der Waals surface area contributed by atoms with Gasteiger partial charge in [0, 0.05) is 35.6 Å². The summed E-state index contributed by atoms with van der Waals surface area (Å²) in [5, 5.41) is 6.13. The third kappa shape index (κ3) is 5.06. The van der Waals surface area contributed by atoms with E-state index in [1.807, 2.05) is 0 Å². The van der Waals surface area contributed by atoms with Gasteiger partial charge in [-0.25, -0.2) is 0 Å². The summed E-state index contributed by atoms with van der Waals surface area (Å²) < 4.78 is 2.09. The standard InChI is InChI=1S/C23H22ClN3O3S/c24-20-13-12-19(31-20)23(30)26-18-6-2-1-5-17(18)25-22(29)15-8-10-16(11-9-15)27-14-4-3-7-21(27)28/h3-4,7-14,17-18H,1-2,5-6H2,(H,25,29)(H,26,30)/t17?,18-/m1/s1. The van der Waals surface area contributed by atoms with E-state index in [-0.39, 0.29) is 29.5 Å². The third-order valence-electron chi connectivity index (χ3n) is 5.43. The van der Waals surface area contributed by atoms with E-state index in [9.17, 15) is 14.4 Å². The number of rotatable bonds is 5. The summed E-state index contributed by atoms with van der Waals surface area (Å²) >= 11 is 7.17. The van der Waals surface area contributed by atoms with Crippen molar-refractivity contribution in [3.05, 3.63) is 85.9 Å². The van der Waals surface area contributed by atoms with E-state index in [2.05, 4.69) is 10.6 Å². The Balaban J connectivity index is 1.43. The highest BCUT2D eigenvalue weighted by Crippen LogP contribution is 2.23. The van der Waals surface area contributed by atoms with Crippen molar-refractivity contribution in [3.8, 4) is 5.69 Å². The maximum Gasteiger partial charge on any atom is 0.261 e. The second-order valence-corrected chi connectivity index (χ2v) is 9.22. The van der Waals surface area contributed by atoms with Crippen molar-refractivity contribution in [2.75, 3.05) is 0 Å². The summed E-state index contributed by atoms with van der Waals surface area (Å²) in [5.41, 5.74) is 1.07. The summed E-state index contributed by atoms with van der Waals surface area (Å²) in [5.74, 6) is -0.363. The fourth-order valence-corrected chi connectivity index (χ4v) is 4.76. The number of carbonyl (C=O) groups is 2. The number of benzene rings is 1. The average molecular weight is 456 g/mol. The van der Waals surface area contributed by atoms with Crippen molar-refractivity contribution < 1.29 is 9.59 Å². The molecule has 0 radical (unpaired) electrons. The number of pyridine rings is 1. The van der Waals surface area contributed by atoms with Gasteiger partial charge in [-0.3, -0.25) is 19.0 Å². The van der Waals surface area contributed by atoms with Crippen molar-refractivity contribution in [1.29, 1.82) is 0 Å². The van der Waals surface area contributed by atoms with Crippen LogP contribution in [0.4, 0.5) is 0 Å². The number of nitrogens with zero attached hydrogens (tertiary/aromatic N) is 1. The summed E-state index contributed by atoms with van der Waals surface area (Å²) in [6.45, 7) is 0. The highest BCUT2D eigenvalue weighted by molar-refractivity contribution is 7.18. The van der Waals surface area contributed by atoms with Crippen LogP contribution in [0, 0.1) is 0 Å². The van der Waals surface area contributed by atoms with Crippen molar-refractivity contribution in [2.45, 2.75) is 37.8 Å². The van der Waals surface area contributed by atoms with Gasteiger partial charge in [-0.2, -0.15) is 0 Å². The van der Waals surface area contributed by atoms with Crippen LogP contribution in [0.3, 0.4) is 0 Å².